The van der Waals surface area contributed by atoms with Gasteiger partial charge in [-0.3, -0.25) is 9.59 Å². The van der Waals surface area contributed by atoms with E-state index in [9.17, 15) is 9.59 Å². The lowest BCUT2D eigenvalue weighted by molar-refractivity contribution is -0.137. The van der Waals surface area contributed by atoms with E-state index in [0.29, 0.717) is 5.91 Å². The number of ether oxygens (including phenoxy) is 1. The van der Waals surface area contributed by atoms with Crippen LogP contribution in [0.3, 0.4) is 0 Å². The number of likely N-dealkylation sites (tertiary alicyclic amines) is 1. The van der Waals surface area contributed by atoms with Crippen molar-refractivity contribution in [2.45, 2.75) is 63.3 Å². The van der Waals surface area contributed by atoms with Crippen LogP contribution in [0, 0.1) is 11.8 Å². The standard InChI is InChI=1S/C18H30N2O3/c1-23-13-16(21)19-18(12-14-6-7-14)8-10-20(11-9-18)17(22)15-4-2-3-5-15/h14-15H,2-13H2,1H3,(H,19,21). The minimum atomic E-state index is -0.122. The van der Waals surface area contributed by atoms with Gasteiger partial charge in [-0.05, 0) is 38.0 Å². The molecular weight excluding hydrogens is 292 g/mol. The van der Waals surface area contributed by atoms with Crippen molar-refractivity contribution >= 4 is 11.8 Å². The van der Waals surface area contributed by atoms with Gasteiger partial charge in [-0.2, -0.15) is 0 Å². The van der Waals surface area contributed by atoms with Crippen molar-refractivity contribution in [2.75, 3.05) is 26.8 Å². The highest BCUT2D eigenvalue weighted by Crippen LogP contribution is 2.41. The molecule has 1 aliphatic heterocycles. The van der Waals surface area contributed by atoms with Crippen molar-refractivity contribution in [2.24, 2.45) is 11.8 Å². The van der Waals surface area contributed by atoms with Gasteiger partial charge in [0.05, 0.1) is 0 Å². The molecule has 5 heteroatoms. The minimum Gasteiger partial charge on any atom is -0.375 e. The lowest BCUT2D eigenvalue weighted by atomic mass is 9.82. The number of rotatable bonds is 6. The molecule has 3 aliphatic rings. The number of hydrogen-bond donors (Lipinski definition) is 1. The van der Waals surface area contributed by atoms with E-state index in [2.05, 4.69) is 5.32 Å². The summed E-state index contributed by atoms with van der Waals surface area (Å²) in [6.45, 7) is 1.70. The fraction of sp³-hybridized carbons (Fsp3) is 0.889. The summed E-state index contributed by atoms with van der Waals surface area (Å²) in [5.74, 6) is 1.35. The third kappa shape index (κ3) is 4.25. The Morgan fingerprint density at radius 1 is 1.13 bits per heavy atom. The summed E-state index contributed by atoms with van der Waals surface area (Å²) in [6, 6.07) is 0. The zero-order chi connectivity index (χ0) is 16.3. The van der Waals surface area contributed by atoms with E-state index in [1.54, 1.807) is 7.11 Å². The summed E-state index contributed by atoms with van der Waals surface area (Å²) < 4.78 is 4.96. The van der Waals surface area contributed by atoms with Crippen LogP contribution in [0.1, 0.15) is 57.8 Å². The van der Waals surface area contributed by atoms with Gasteiger partial charge < -0.3 is 15.0 Å². The number of methoxy groups -OCH3 is 1. The van der Waals surface area contributed by atoms with Crippen molar-refractivity contribution in [3.8, 4) is 0 Å². The molecule has 5 nitrogen and oxygen atoms in total. The zero-order valence-corrected chi connectivity index (χ0v) is 14.3. The number of carbonyl (C=O) groups excluding carboxylic acids is 2. The van der Waals surface area contributed by atoms with E-state index in [0.717, 1.165) is 51.1 Å². The average Bonchev–Trinajstić information content (AvgIpc) is 3.16. The van der Waals surface area contributed by atoms with Crippen LogP contribution in [0.25, 0.3) is 0 Å². The van der Waals surface area contributed by atoms with E-state index in [4.69, 9.17) is 4.74 Å². The van der Waals surface area contributed by atoms with Gasteiger partial charge in [-0.25, -0.2) is 0 Å². The van der Waals surface area contributed by atoms with Gasteiger partial charge in [0.25, 0.3) is 0 Å². The molecule has 3 rings (SSSR count). The third-order valence-corrected chi connectivity index (χ3v) is 5.79. The first-order chi connectivity index (χ1) is 11.1. The van der Waals surface area contributed by atoms with Gasteiger partial charge in [0.2, 0.25) is 11.8 Å². The Morgan fingerprint density at radius 3 is 2.35 bits per heavy atom. The molecule has 0 aromatic rings. The molecule has 130 valence electrons. The minimum absolute atomic E-state index is 0.0243. The Kier molecular flexibility index (Phi) is 5.24. The number of piperidine rings is 1. The maximum Gasteiger partial charge on any atom is 0.246 e. The summed E-state index contributed by atoms with van der Waals surface area (Å²) in [6.07, 6.45) is 9.92. The second-order valence-electron chi connectivity index (χ2n) is 7.72. The molecule has 0 atom stereocenters. The molecule has 2 aliphatic carbocycles. The van der Waals surface area contributed by atoms with Crippen LogP contribution in [-0.4, -0.2) is 49.1 Å². The Morgan fingerprint density at radius 2 is 1.78 bits per heavy atom. The lowest BCUT2D eigenvalue weighted by Crippen LogP contribution is -2.57. The van der Waals surface area contributed by atoms with Crippen LogP contribution >= 0.6 is 0 Å². The van der Waals surface area contributed by atoms with E-state index >= 15 is 0 Å². The van der Waals surface area contributed by atoms with Crippen LogP contribution < -0.4 is 5.32 Å². The van der Waals surface area contributed by atoms with Gasteiger partial charge in [0.1, 0.15) is 6.61 Å². The molecular formula is C18H30N2O3. The number of amides is 2. The molecule has 0 bridgehead atoms. The summed E-state index contributed by atoms with van der Waals surface area (Å²) in [7, 11) is 1.55. The smallest absolute Gasteiger partial charge is 0.246 e. The molecule has 1 heterocycles. The molecule has 1 saturated heterocycles. The Balaban J connectivity index is 1.57. The van der Waals surface area contributed by atoms with Crippen molar-refractivity contribution in [3.05, 3.63) is 0 Å². The predicted molar refractivity (Wildman–Crippen MR) is 87.9 cm³/mol. The fourth-order valence-corrected chi connectivity index (χ4v) is 4.30. The second-order valence-corrected chi connectivity index (χ2v) is 7.72. The molecule has 2 amide bonds. The molecule has 0 unspecified atom stereocenters. The van der Waals surface area contributed by atoms with Crippen LogP contribution in [0.5, 0.6) is 0 Å². The van der Waals surface area contributed by atoms with E-state index in [1.807, 2.05) is 4.90 Å². The Labute approximate surface area is 139 Å². The first kappa shape index (κ1) is 16.7. The third-order valence-electron chi connectivity index (χ3n) is 5.79. The zero-order valence-electron chi connectivity index (χ0n) is 14.3. The monoisotopic (exact) mass is 322 g/mol. The number of nitrogens with zero attached hydrogens (tertiary/aromatic N) is 1. The molecule has 0 radical (unpaired) electrons. The largest absolute Gasteiger partial charge is 0.375 e. The molecule has 0 spiro atoms. The average molecular weight is 322 g/mol. The van der Waals surface area contributed by atoms with Crippen molar-refractivity contribution in [1.82, 2.24) is 10.2 Å². The molecule has 23 heavy (non-hydrogen) atoms. The molecule has 0 aromatic carbocycles. The molecule has 0 aromatic heterocycles. The van der Waals surface area contributed by atoms with Crippen LogP contribution in [0.2, 0.25) is 0 Å². The van der Waals surface area contributed by atoms with Crippen LogP contribution in [-0.2, 0) is 14.3 Å². The van der Waals surface area contributed by atoms with Gasteiger partial charge in [-0.15, -0.1) is 0 Å². The van der Waals surface area contributed by atoms with Crippen molar-refractivity contribution < 1.29 is 14.3 Å². The maximum absolute atomic E-state index is 12.6. The number of carbonyl (C=O) groups is 2. The highest BCUT2D eigenvalue weighted by molar-refractivity contribution is 5.80. The maximum atomic E-state index is 12.6. The Hall–Kier alpha value is -1.10. The van der Waals surface area contributed by atoms with Crippen molar-refractivity contribution in [3.63, 3.8) is 0 Å². The number of nitrogens with one attached hydrogen (secondary N) is 1. The second kappa shape index (κ2) is 7.20. The first-order valence-corrected chi connectivity index (χ1v) is 9.21. The molecule has 2 saturated carbocycles. The lowest BCUT2D eigenvalue weighted by Gasteiger charge is -2.43. The molecule has 3 fully saturated rings. The van der Waals surface area contributed by atoms with E-state index in [1.165, 1.54) is 25.7 Å². The van der Waals surface area contributed by atoms with Gasteiger partial charge >= 0.3 is 0 Å². The summed E-state index contributed by atoms with van der Waals surface area (Å²) in [4.78, 5) is 26.7. The summed E-state index contributed by atoms with van der Waals surface area (Å²) in [5, 5.41) is 3.23. The van der Waals surface area contributed by atoms with Gasteiger partial charge in [0.15, 0.2) is 0 Å². The number of hydrogen-bond acceptors (Lipinski definition) is 3. The summed E-state index contributed by atoms with van der Waals surface area (Å²) >= 11 is 0. The Bertz CT molecular complexity index is 434. The van der Waals surface area contributed by atoms with Crippen LogP contribution in [0.4, 0.5) is 0 Å². The highest BCUT2D eigenvalue weighted by Gasteiger charge is 2.42. The fourth-order valence-electron chi connectivity index (χ4n) is 4.30. The normalized spacial score (nSPS) is 24.7. The summed E-state index contributed by atoms with van der Waals surface area (Å²) in [5.41, 5.74) is -0.122. The van der Waals surface area contributed by atoms with E-state index in [-0.39, 0.29) is 24.0 Å². The van der Waals surface area contributed by atoms with Crippen molar-refractivity contribution in [1.29, 1.82) is 0 Å². The van der Waals surface area contributed by atoms with Crippen LogP contribution in [0.15, 0.2) is 0 Å². The highest BCUT2D eigenvalue weighted by atomic mass is 16.5. The van der Waals surface area contributed by atoms with Gasteiger partial charge in [-0.1, -0.05) is 25.7 Å². The topological polar surface area (TPSA) is 58.6 Å². The molecule has 1 N–H and O–H groups in total. The van der Waals surface area contributed by atoms with E-state index < -0.39 is 0 Å². The first-order valence-electron chi connectivity index (χ1n) is 9.21. The van der Waals surface area contributed by atoms with Gasteiger partial charge in [0, 0.05) is 31.7 Å². The predicted octanol–water partition coefficient (Wildman–Crippen LogP) is 2.10. The SMILES string of the molecule is COCC(=O)NC1(CC2CC2)CCN(C(=O)C2CCCC2)CC1. The quantitative estimate of drug-likeness (QED) is 0.815.